The first-order chi connectivity index (χ1) is 14.6. The van der Waals surface area contributed by atoms with Crippen molar-refractivity contribution in [1.29, 1.82) is 0 Å². The lowest BCUT2D eigenvalue weighted by molar-refractivity contribution is 0.426. The molecule has 3 heteroatoms. The summed E-state index contributed by atoms with van der Waals surface area (Å²) in [4.78, 5) is 0. The van der Waals surface area contributed by atoms with Gasteiger partial charge in [-0.2, -0.15) is 0 Å². The Balaban J connectivity index is 1.69. The molecule has 5 rings (SSSR count). The number of hydrogen-bond acceptors (Lipinski definition) is 2. The van der Waals surface area contributed by atoms with Crippen molar-refractivity contribution in [2.45, 2.75) is 6.92 Å². The number of aryl methyl sites for hydroxylation is 1. The van der Waals surface area contributed by atoms with Crippen LogP contribution < -0.4 is 5.46 Å². The van der Waals surface area contributed by atoms with Crippen molar-refractivity contribution in [3.8, 4) is 22.3 Å². The van der Waals surface area contributed by atoms with Gasteiger partial charge in [-0.05, 0) is 79.9 Å². The van der Waals surface area contributed by atoms with Gasteiger partial charge in [0.1, 0.15) is 0 Å². The van der Waals surface area contributed by atoms with E-state index in [1.165, 1.54) is 21.7 Å². The fourth-order valence-electron chi connectivity index (χ4n) is 4.11. The van der Waals surface area contributed by atoms with Crippen LogP contribution >= 0.6 is 0 Å². The molecule has 0 fully saturated rings. The lowest BCUT2D eigenvalue weighted by Crippen LogP contribution is -2.29. The molecule has 5 aromatic carbocycles. The van der Waals surface area contributed by atoms with Crippen LogP contribution in [0.2, 0.25) is 0 Å². The van der Waals surface area contributed by atoms with Crippen LogP contribution in [0.1, 0.15) is 5.56 Å². The van der Waals surface area contributed by atoms with Crippen molar-refractivity contribution in [2.24, 2.45) is 0 Å². The third-order valence-electron chi connectivity index (χ3n) is 5.77. The Hall–Kier alpha value is -3.40. The molecule has 5 aromatic rings. The maximum absolute atomic E-state index is 9.91. The van der Waals surface area contributed by atoms with Gasteiger partial charge in [0, 0.05) is 0 Å². The van der Waals surface area contributed by atoms with E-state index in [9.17, 15) is 10.0 Å². The van der Waals surface area contributed by atoms with Gasteiger partial charge in [-0.15, -0.1) is 0 Å². The van der Waals surface area contributed by atoms with Crippen LogP contribution in [0.3, 0.4) is 0 Å². The molecule has 2 nitrogen and oxygen atoms in total. The first-order valence-electron chi connectivity index (χ1n) is 10.1. The molecule has 0 aromatic heterocycles. The second-order valence-electron chi connectivity index (χ2n) is 7.79. The zero-order chi connectivity index (χ0) is 20.7. The molecule has 0 radical (unpaired) electrons. The molecule has 0 saturated carbocycles. The summed E-state index contributed by atoms with van der Waals surface area (Å²) in [7, 11) is -1.52. The van der Waals surface area contributed by atoms with E-state index >= 15 is 0 Å². The predicted molar refractivity (Wildman–Crippen MR) is 127 cm³/mol. The van der Waals surface area contributed by atoms with E-state index in [1.807, 2.05) is 24.3 Å². The average molecular weight is 388 g/mol. The SMILES string of the molecule is Cc1cccc2ccc(-c3cc(B(O)O)cc(-c4ccc5ccccc5c4)c3)cc12. The van der Waals surface area contributed by atoms with Crippen LogP contribution in [-0.4, -0.2) is 17.2 Å². The van der Waals surface area contributed by atoms with Crippen LogP contribution in [0, 0.1) is 6.92 Å². The average Bonchev–Trinajstić information content (AvgIpc) is 2.78. The van der Waals surface area contributed by atoms with Crippen molar-refractivity contribution in [3.63, 3.8) is 0 Å². The van der Waals surface area contributed by atoms with Crippen LogP contribution in [0.15, 0.2) is 97.1 Å². The number of benzene rings is 5. The fraction of sp³-hybridized carbons (Fsp3) is 0.0370. The predicted octanol–water partition coefficient (Wildman–Crippen LogP) is 5.32. The van der Waals surface area contributed by atoms with Crippen LogP contribution in [0.25, 0.3) is 43.8 Å². The summed E-state index contributed by atoms with van der Waals surface area (Å²) < 4.78 is 0. The van der Waals surface area contributed by atoms with Gasteiger partial charge < -0.3 is 10.0 Å². The summed E-state index contributed by atoms with van der Waals surface area (Å²) in [5, 5.41) is 24.6. The Labute approximate surface area is 176 Å². The lowest BCUT2D eigenvalue weighted by Gasteiger charge is -2.12. The zero-order valence-electron chi connectivity index (χ0n) is 16.7. The van der Waals surface area contributed by atoms with E-state index in [-0.39, 0.29) is 0 Å². The van der Waals surface area contributed by atoms with Gasteiger partial charge in [0.25, 0.3) is 0 Å². The monoisotopic (exact) mass is 388 g/mol. The maximum atomic E-state index is 9.91. The van der Waals surface area contributed by atoms with Gasteiger partial charge in [0.05, 0.1) is 0 Å². The normalized spacial score (nSPS) is 11.2. The molecule has 0 unspecified atom stereocenters. The minimum atomic E-state index is -1.52. The number of fused-ring (bicyclic) bond motifs is 2. The summed E-state index contributed by atoms with van der Waals surface area (Å²) in [5.41, 5.74) is 5.75. The third kappa shape index (κ3) is 3.39. The van der Waals surface area contributed by atoms with Crippen molar-refractivity contribution in [3.05, 3.63) is 103 Å². The van der Waals surface area contributed by atoms with Gasteiger partial charge in [-0.25, -0.2) is 0 Å². The van der Waals surface area contributed by atoms with Gasteiger partial charge in [0.15, 0.2) is 0 Å². The Morgan fingerprint density at radius 3 is 1.90 bits per heavy atom. The summed E-state index contributed by atoms with van der Waals surface area (Å²) in [6.45, 7) is 2.11. The molecule has 0 atom stereocenters. The quantitative estimate of drug-likeness (QED) is 0.411. The molecular formula is C27H21BO2. The summed E-state index contributed by atoms with van der Waals surface area (Å²) in [5.74, 6) is 0. The molecule has 0 aliphatic carbocycles. The highest BCUT2D eigenvalue weighted by atomic mass is 16.4. The van der Waals surface area contributed by atoms with Crippen LogP contribution in [-0.2, 0) is 0 Å². The zero-order valence-corrected chi connectivity index (χ0v) is 16.7. The Bertz CT molecular complexity index is 1390. The van der Waals surface area contributed by atoms with E-state index in [2.05, 4.69) is 79.7 Å². The van der Waals surface area contributed by atoms with Crippen molar-refractivity contribution < 1.29 is 10.0 Å². The highest BCUT2D eigenvalue weighted by Crippen LogP contribution is 2.30. The van der Waals surface area contributed by atoms with Crippen LogP contribution in [0.5, 0.6) is 0 Å². The molecule has 0 amide bonds. The molecule has 0 heterocycles. The molecule has 144 valence electrons. The summed E-state index contributed by atoms with van der Waals surface area (Å²) in [6.07, 6.45) is 0. The highest BCUT2D eigenvalue weighted by Gasteiger charge is 2.15. The molecule has 0 aliphatic heterocycles. The largest absolute Gasteiger partial charge is 0.488 e. The van der Waals surface area contributed by atoms with Crippen molar-refractivity contribution in [2.75, 3.05) is 0 Å². The van der Waals surface area contributed by atoms with Gasteiger partial charge >= 0.3 is 7.12 Å². The third-order valence-corrected chi connectivity index (χ3v) is 5.77. The van der Waals surface area contributed by atoms with E-state index < -0.39 is 7.12 Å². The number of hydrogen-bond donors (Lipinski definition) is 2. The van der Waals surface area contributed by atoms with Crippen molar-refractivity contribution >= 4 is 34.1 Å². The summed E-state index contributed by atoms with van der Waals surface area (Å²) in [6, 6.07) is 33.1. The molecule has 0 saturated heterocycles. The maximum Gasteiger partial charge on any atom is 0.488 e. The van der Waals surface area contributed by atoms with E-state index in [0.717, 1.165) is 27.6 Å². The van der Waals surface area contributed by atoms with Gasteiger partial charge in [-0.1, -0.05) is 78.9 Å². The first kappa shape index (κ1) is 18.6. The molecule has 30 heavy (non-hydrogen) atoms. The highest BCUT2D eigenvalue weighted by molar-refractivity contribution is 6.58. The lowest BCUT2D eigenvalue weighted by atomic mass is 9.77. The smallest absolute Gasteiger partial charge is 0.423 e. The first-order valence-corrected chi connectivity index (χ1v) is 10.1. The van der Waals surface area contributed by atoms with E-state index in [1.54, 1.807) is 0 Å². The van der Waals surface area contributed by atoms with Gasteiger partial charge in [-0.3, -0.25) is 0 Å². The second kappa shape index (κ2) is 7.45. The fourth-order valence-corrected chi connectivity index (χ4v) is 4.11. The minimum Gasteiger partial charge on any atom is -0.423 e. The summed E-state index contributed by atoms with van der Waals surface area (Å²) >= 11 is 0. The van der Waals surface area contributed by atoms with E-state index in [4.69, 9.17) is 0 Å². The number of rotatable bonds is 3. The molecule has 2 N–H and O–H groups in total. The Morgan fingerprint density at radius 2 is 1.17 bits per heavy atom. The van der Waals surface area contributed by atoms with E-state index in [0.29, 0.717) is 5.46 Å². The topological polar surface area (TPSA) is 40.5 Å². The molecular weight excluding hydrogens is 367 g/mol. The Morgan fingerprint density at radius 1 is 0.533 bits per heavy atom. The minimum absolute atomic E-state index is 0.487. The van der Waals surface area contributed by atoms with Gasteiger partial charge in [0.2, 0.25) is 0 Å². The molecule has 0 aliphatic rings. The second-order valence-corrected chi connectivity index (χ2v) is 7.79. The Kier molecular flexibility index (Phi) is 4.63. The van der Waals surface area contributed by atoms with Crippen LogP contribution in [0.4, 0.5) is 0 Å². The van der Waals surface area contributed by atoms with Crippen molar-refractivity contribution in [1.82, 2.24) is 0 Å². The standard InChI is InChI=1S/C27H21BO2/c1-18-5-4-8-20-10-12-23(17-27(18)20)25-14-24(15-26(16-25)28(29)30)22-11-9-19-6-2-3-7-21(19)13-22/h2-17,29-30H,1H3. The molecule has 0 bridgehead atoms. The molecule has 0 spiro atoms.